The Morgan fingerprint density at radius 1 is 1.22 bits per heavy atom. The summed E-state index contributed by atoms with van der Waals surface area (Å²) < 4.78 is 0.944. The molecule has 2 aromatic carbocycles. The van der Waals surface area contributed by atoms with E-state index >= 15 is 0 Å². The van der Waals surface area contributed by atoms with Crippen LogP contribution in [0.4, 0.5) is 0 Å². The van der Waals surface area contributed by atoms with Crippen molar-refractivity contribution < 1.29 is 0 Å². The van der Waals surface area contributed by atoms with E-state index in [0.717, 1.165) is 20.7 Å². The van der Waals surface area contributed by atoms with Crippen molar-refractivity contribution in [3.63, 3.8) is 0 Å². The molecule has 0 radical (unpaired) electrons. The van der Waals surface area contributed by atoms with Crippen molar-refractivity contribution in [1.29, 1.82) is 5.26 Å². The van der Waals surface area contributed by atoms with Gasteiger partial charge < -0.3 is 0 Å². The highest BCUT2D eigenvalue weighted by atomic mass is 79.9. The first-order valence-electron chi connectivity index (χ1n) is 5.57. The van der Waals surface area contributed by atoms with Crippen LogP contribution in [-0.4, -0.2) is 0 Å². The highest BCUT2D eigenvalue weighted by Crippen LogP contribution is 2.29. The highest BCUT2D eigenvalue weighted by molar-refractivity contribution is 9.10. The molecule has 0 aromatic heterocycles. The zero-order chi connectivity index (χ0) is 13.0. The Morgan fingerprint density at radius 3 is 2.72 bits per heavy atom. The van der Waals surface area contributed by atoms with Gasteiger partial charge >= 0.3 is 0 Å². The lowest BCUT2D eigenvalue weighted by Crippen LogP contribution is -1.87. The number of hydrogen-bond acceptors (Lipinski definition) is 2. The molecule has 0 bridgehead atoms. The van der Waals surface area contributed by atoms with Crippen LogP contribution in [0.5, 0.6) is 0 Å². The molecule has 3 heteroatoms. The topological polar surface area (TPSA) is 23.8 Å². The number of nitrogens with zero attached hydrogens (tertiary/aromatic N) is 1. The van der Waals surface area contributed by atoms with Crippen molar-refractivity contribution in [3.05, 3.63) is 63.6 Å². The predicted molar refractivity (Wildman–Crippen MR) is 79.6 cm³/mol. The molecule has 18 heavy (non-hydrogen) atoms. The molecule has 0 aliphatic heterocycles. The van der Waals surface area contributed by atoms with Crippen LogP contribution in [0.25, 0.3) is 0 Å². The molecule has 0 saturated carbocycles. The van der Waals surface area contributed by atoms with Gasteiger partial charge in [0, 0.05) is 15.1 Å². The lowest BCUT2D eigenvalue weighted by atomic mass is 10.1. The van der Waals surface area contributed by atoms with Gasteiger partial charge in [-0.05, 0) is 36.2 Å². The Morgan fingerprint density at radius 2 is 2.00 bits per heavy atom. The second kappa shape index (κ2) is 6.08. The Bertz CT molecular complexity index is 602. The van der Waals surface area contributed by atoms with Crippen LogP contribution in [0.15, 0.2) is 51.8 Å². The molecule has 0 aliphatic carbocycles. The lowest BCUT2D eigenvalue weighted by Gasteiger charge is -2.07. The standard InChI is InChI=1S/C15H12BrNS/c1-11-4-2-3-5-12(11)10-18-15-7-6-14(16)8-13(15)9-17/h2-8H,10H2,1H3. The van der Waals surface area contributed by atoms with E-state index in [0.29, 0.717) is 0 Å². The van der Waals surface area contributed by atoms with E-state index < -0.39 is 0 Å². The molecule has 2 rings (SSSR count). The van der Waals surface area contributed by atoms with E-state index in [1.54, 1.807) is 11.8 Å². The maximum absolute atomic E-state index is 9.11. The summed E-state index contributed by atoms with van der Waals surface area (Å²) in [5, 5.41) is 9.11. The van der Waals surface area contributed by atoms with Gasteiger partial charge in [0.1, 0.15) is 6.07 Å². The second-order valence-corrected chi connectivity index (χ2v) is 5.90. The third-order valence-electron chi connectivity index (χ3n) is 2.71. The van der Waals surface area contributed by atoms with Gasteiger partial charge in [0.05, 0.1) is 5.56 Å². The number of thioether (sulfide) groups is 1. The Balaban J connectivity index is 2.16. The van der Waals surface area contributed by atoms with Gasteiger partial charge in [-0.2, -0.15) is 5.26 Å². The Kier molecular flexibility index (Phi) is 4.46. The van der Waals surface area contributed by atoms with Crippen molar-refractivity contribution in [1.82, 2.24) is 0 Å². The number of benzene rings is 2. The highest BCUT2D eigenvalue weighted by Gasteiger charge is 2.05. The third kappa shape index (κ3) is 3.16. The number of nitriles is 1. The van der Waals surface area contributed by atoms with E-state index in [9.17, 15) is 0 Å². The molecule has 90 valence electrons. The van der Waals surface area contributed by atoms with Crippen LogP contribution in [0.1, 0.15) is 16.7 Å². The molecule has 2 aromatic rings. The summed E-state index contributed by atoms with van der Waals surface area (Å²) in [7, 11) is 0. The fourth-order valence-electron chi connectivity index (χ4n) is 1.64. The molecular weight excluding hydrogens is 306 g/mol. The van der Waals surface area contributed by atoms with Crippen LogP contribution >= 0.6 is 27.7 Å². The van der Waals surface area contributed by atoms with Crippen LogP contribution in [0.3, 0.4) is 0 Å². The molecule has 0 spiro atoms. The summed E-state index contributed by atoms with van der Waals surface area (Å²) in [5.41, 5.74) is 3.33. The quantitative estimate of drug-likeness (QED) is 0.750. The molecule has 0 unspecified atom stereocenters. The molecule has 0 aliphatic rings. The van der Waals surface area contributed by atoms with Crippen molar-refractivity contribution in [2.75, 3.05) is 0 Å². The Labute approximate surface area is 120 Å². The molecule has 0 amide bonds. The van der Waals surface area contributed by atoms with E-state index in [1.807, 2.05) is 24.3 Å². The van der Waals surface area contributed by atoms with Crippen molar-refractivity contribution in [2.45, 2.75) is 17.6 Å². The van der Waals surface area contributed by atoms with Gasteiger partial charge in [0.2, 0.25) is 0 Å². The first-order valence-corrected chi connectivity index (χ1v) is 7.35. The van der Waals surface area contributed by atoms with E-state index in [-0.39, 0.29) is 0 Å². The van der Waals surface area contributed by atoms with Crippen LogP contribution < -0.4 is 0 Å². The van der Waals surface area contributed by atoms with Crippen LogP contribution in [-0.2, 0) is 5.75 Å². The van der Waals surface area contributed by atoms with Gasteiger partial charge in [-0.1, -0.05) is 40.2 Å². The van der Waals surface area contributed by atoms with Gasteiger partial charge in [-0.25, -0.2) is 0 Å². The van der Waals surface area contributed by atoms with E-state index in [2.05, 4.69) is 47.1 Å². The molecule has 0 saturated heterocycles. The largest absolute Gasteiger partial charge is 0.192 e. The van der Waals surface area contributed by atoms with Crippen molar-refractivity contribution >= 4 is 27.7 Å². The minimum Gasteiger partial charge on any atom is -0.192 e. The first kappa shape index (κ1) is 13.2. The van der Waals surface area contributed by atoms with E-state index in [4.69, 9.17) is 5.26 Å². The SMILES string of the molecule is Cc1ccccc1CSc1ccc(Br)cc1C#N. The smallest absolute Gasteiger partial charge is 0.100 e. The monoisotopic (exact) mass is 317 g/mol. The summed E-state index contributed by atoms with van der Waals surface area (Å²) in [5.74, 6) is 0.892. The lowest BCUT2D eigenvalue weighted by molar-refractivity contribution is 1.29. The van der Waals surface area contributed by atoms with Crippen molar-refractivity contribution in [3.8, 4) is 6.07 Å². The minimum absolute atomic E-state index is 0.725. The third-order valence-corrected chi connectivity index (χ3v) is 4.32. The van der Waals surface area contributed by atoms with Crippen LogP contribution in [0, 0.1) is 18.3 Å². The average Bonchev–Trinajstić information content (AvgIpc) is 2.39. The first-order chi connectivity index (χ1) is 8.70. The summed E-state index contributed by atoms with van der Waals surface area (Å²) in [4.78, 5) is 1.03. The van der Waals surface area contributed by atoms with Gasteiger partial charge in [0.25, 0.3) is 0 Å². The number of halogens is 1. The molecule has 0 fully saturated rings. The minimum atomic E-state index is 0.725. The number of hydrogen-bond donors (Lipinski definition) is 0. The van der Waals surface area contributed by atoms with Gasteiger partial charge in [0.15, 0.2) is 0 Å². The summed E-state index contributed by atoms with van der Waals surface area (Å²) in [6.07, 6.45) is 0. The molecule has 1 nitrogen and oxygen atoms in total. The van der Waals surface area contributed by atoms with Gasteiger partial charge in [-0.3, -0.25) is 0 Å². The summed E-state index contributed by atoms with van der Waals surface area (Å²) in [6.45, 7) is 2.11. The second-order valence-electron chi connectivity index (χ2n) is 3.97. The zero-order valence-electron chi connectivity index (χ0n) is 9.98. The predicted octanol–water partition coefficient (Wildman–Crippen LogP) is 4.92. The average molecular weight is 318 g/mol. The summed E-state index contributed by atoms with van der Waals surface area (Å²) >= 11 is 5.09. The maximum Gasteiger partial charge on any atom is 0.100 e. The molecular formula is C15H12BrNS. The molecule has 0 heterocycles. The normalized spacial score (nSPS) is 10.1. The maximum atomic E-state index is 9.11. The fourth-order valence-corrected chi connectivity index (χ4v) is 3.06. The summed E-state index contributed by atoms with van der Waals surface area (Å²) in [6, 6.07) is 16.4. The van der Waals surface area contributed by atoms with Crippen LogP contribution in [0.2, 0.25) is 0 Å². The Hall–Kier alpha value is -1.24. The number of aryl methyl sites for hydroxylation is 1. The molecule has 0 atom stereocenters. The fraction of sp³-hybridized carbons (Fsp3) is 0.133. The van der Waals surface area contributed by atoms with E-state index in [1.165, 1.54) is 11.1 Å². The molecule has 0 N–H and O–H groups in total. The van der Waals surface area contributed by atoms with Gasteiger partial charge in [-0.15, -0.1) is 11.8 Å². The number of rotatable bonds is 3. The van der Waals surface area contributed by atoms with Crippen molar-refractivity contribution in [2.24, 2.45) is 0 Å². The zero-order valence-corrected chi connectivity index (χ0v) is 12.4.